The van der Waals surface area contributed by atoms with E-state index in [2.05, 4.69) is 53.6 Å². The van der Waals surface area contributed by atoms with Gasteiger partial charge in [0.2, 0.25) is 0 Å². The van der Waals surface area contributed by atoms with Crippen LogP contribution in [0.15, 0.2) is 30.3 Å². The third-order valence-corrected chi connectivity index (χ3v) is 7.82. The van der Waals surface area contributed by atoms with Crippen molar-refractivity contribution in [3.8, 4) is 11.1 Å². The number of aliphatic hydroxyl groups is 1. The maximum absolute atomic E-state index is 12.9. The van der Waals surface area contributed by atoms with Crippen LogP contribution in [0.3, 0.4) is 0 Å². The van der Waals surface area contributed by atoms with Crippen molar-refractivity contribution < 1.29 is 14.6 Å². The lowest BCUT2D eigenvalue weighted by Crippen LogP contribution is -2.48. The molecule has 8 nitrogen and oxygen atoms in total. The molecule has 194 valence electrons. The Kier molecular flexibility index (Phi) is 7.08. The van der Waals surface area contributed by atoms with E-state index in [-0.39, 0.29) is 12.1 Å². The largest absolute Gasteiger partial charge is 0.390 e. The van der Waals surface area contributed by atoms with Gasteiger partial charge in [-0.05, 0) is 80.0 Å². The average Bonchev–Trinajstić information content (AvgIpc) is 3.34. The number of aromatic nitrogens is 1. The van der Waals surface area contributed by atoms with Gasteiger partial charge in [0.25, 0.3) is 0 Å². The molecule has 1 aromatic heterocycles. The molecule has 3 heterocycles. The SMILES string of the molecule is CC[C@@H]1CCN(C(=O)Nc2ccc(C)c(-c3cc(N[C@H]4C[C@@](C)(O)C4)nc(N4CCOCC4)c3)c2)C1. The fourth-order valence-electron chi connectivity index (χ4n) is 5.58. The van der Waals surface area contributed by atoms with Gasteiger partial charge in [0.15, 0.2) is 0 Å². The molecule has 0 radical (unpaired) electrons. The Labute approximate surface area is 214 Å². The molecule has 36 heavy (non-hydrogen) atoms. The van der Waals surface area contributed by atoms with Crippen molar-refractivity contribution >= 4 is 23.4 Å². The molecule has 2 aliphatic heterocycles. The zero-order valence-electron chi connectivity index (χ0n) is 21.7. The monoisotopic (exact) mass is 493 g/mol. The topological polar surface area (TPSA) is 90.0 Å². The van der Waals surface area contributed by atoms with Crippen LogP contribution in [0.25, 0.3) is 11.1 Å². The number of benzene rings is 1. The standard InChI is InChI=1S/C28H39N5O3/c1-4-20-7-8-33(18-20)27(34)30-22-6-5-19(2)24(15-22)21-13-25(29-23-16-28(3,35)17-23)31-26(14-21)32-9-11-36-12-10-32/h5-6,13-15,20,23,35H,4,7-12,16-18H2,1-3H3,(H,29,31)(H,30,34)/t20-,23-,28+/m1/s1. The van der Waals surface area contributed by atoms with Gasteiger partial charge in [-0.15, -0.1) is 0 Å². The number of ether oxygens (including phenoxy) is 1. The second kappa shape index (κ2) is 10.3. The summed E-state index contributed by atoms with van der Waals surface area (Å²) in [5, 5.41) is 16.8. The molecule has 3 fully saturated rings. The van der Waals surface area contributed by atoms with E-state index < -0.39 is 5.60 Å². The highest BCUT2D eigenvalue weighted by Crippen LogP contribution is 2.36. The van der Waals surface area contributed by atoms with Crippen molar-refractivity contribution in [3.63, 3.8) is 0 Å². The van der Waals surface area contributed by atoms with Crippen molar-refractivity contribution in [2.24, 2.45) is 5.92 Å². The molecule has 1 atom stereocenters. The summed E-state index contributed by atoms with van der Waals surface area (Å²) in [6.07, 6.45) is 3.61. The van der Waals surface area contributed by atoms with Gasteiger partial charge in [-0.3, -0.25) is 0 Å². The lowest BCUT2D eigenvalue weighted by Gasteiger charge is -2.41. The summed E-state index contributed by atoms with van der Waals surface area (Å²) in [6.45, 7) is 10.8. The molecule has 3 aliphatic rings. The number of carbonyl (C=O) groups excluding carboxylic acids is 1. The number of likely N-dealkylation sites (tertiary alicyclic amines) is 1. The van der Waals surface area contributed by atoms with Gasteiger partial charge in [-0.1, -0.05) is 19.4 Å². The Bertz CT molecular complexity index is 1090. The van der Waals surface area contributed by atoms with Gasteiger partial charge in [-0.2, -0.15) is 0 Å². The number of hydrogen-bond donors (Lipinski definition) is 3. The zero-order chi connectivity index (χ0) is 25.3. The summed E-state index contributed by atoms with van der Waals surface area (Å²) in [5.41, 5.74) is 3.46. The Balaban J connectivity index is 1.40. The van der Waals surface area contributed by atoms with Crippen molar-refractivity contribution in [1.29, 1.82) is 0 Å². The minimum Gasteiger partial charge on any atom is -0.390 e. The molecule has 1 aromatic carbocycles. The van der Waals surface area contributed by atoms with E-state index in [1.807, 2.05) is 17.9 Å². The molecule has 8 heteroatoms. The Hall–Kier alpha value is -2.84. The van der Waals surface area contributed by atoms with Gasteiger partial charge in [0, 0.05) is 37.9 Å². The first-order valence-corrected chi connectivity index (χ1v) is 13.3. The number of pyridine rings is 1. The van der Waals surface area contributed by atoms with Crippen LogP contribution in [-0.2, 0) is 4.74 Å². The van der Waals surface area contributed by atoms with Crippen LogP contribution in [0.4, 0.5) is 22.1 Å². The van der Waals surface area contributed by atoms with Crippen molar-refractivity contribution in [2.75, 3.05) is 54.9 Å². The van der Waals surface area contributed by atoms with Crippen molar-refractivity contribution in [3.05, 3.63) is 35.9 Å². The zero-order valence-corrected chi connectivity index (χ0v) is 21.7. The molecule has 3 N–H and O–H groups in total. The molecule has 1 saturated carbocycles. The fourth-order valence-corrected chi connectivity index (χ4v) is 5.58. The molecule has 0 spiro atoms. The maximum atomic E-state index is 12.9. The Morgan fingerprint density at radius 3 is 2.67 bits per heavy atom. The summed E-state index contributed by atoms with van der Waals surface area (Å²) in [7, 11) is 0. The van der Waals surface area contributed by atoms with Crippen LogP contribution >= 0.6 is 0 Å². The molecule has 2 amide bonds. The fraction of sp³-hybridized carbons (Fsp3) is 0.571. The summed E-state index contributed by atoms with van der Waals surface area (Å²) in [4.78, 5) is 22.0. The maximum Gasteiger partial charge on any atom is 0.321 e. The predicted molar refractivity (Wildman–Crippen MR) is 144 cm³/mol. The minimum atomic E-state index is -0.599. The molecular weight excluding hydrogens is 454 g/mol. The highest BCUT2D eigenvalue weighted by atomic mass is 16.5. The van der Waals surface area contributed by atoms with Gasteiger partial charge < -0.3 is 30.3 Å². The van der Waals surface area contributed by atoms with Crippen LogP contribution in [-0.4, -0.2) is 72.1 Å². The number of aryl methyl sites for hydroxylation is 1. The van der Waals surface area contributed by atoms with Gasteiger partial charge in [0.1, 0.15) is 11.6 Å². The Morgan fingerprint density at radius 1 is 1.19 bits per heavy atom. The first kappa shape index (κ1) is 24.8. The number of rotatable bonds is 6. The van der Waals surface area contributed by atoms with Crippen LogP contribution in [0, 0.1) is 12.8 Å². The number of urea groups is 1. The smallest absolute Gasteiger partial charge is 0.321 e. The second-order valence-corrected chi connectivity index (χ2v) is 10.9. The highest BCUT2D eigenvalue weighted by molar-refractivity contribution is 5.91. The molecule has 0 unspecified atom stereocenters. The number of nitrogens with zero attached hydrogens (tertiary/aromatic N) is 3. The highest BCUT2D eigenvalue weighted by Gasteiger charge is 2.38. The number of morpholine rings is 1. The summed E-state index contributed by atoms with van der Waals surface area (Å²) in [6, 6.07) is 10.5. The summed E-state index contributed by atoms with van der Waals surface area (Å²) >= 11 is 0. The number of nitrogens with one attached hydrogen (secondary N) is 2. The quantitative estimate of drug-likeness (QED) is 0.550. The molecule has 5 rings (SSSR count). The second-order valence-electron chi connectivity index (χ2n) is 10.9. The van der Waals surface area contributed by atoms with Crippen LogP contribution < -0.4 is 15.5 Å². The lowest BCUT2D eigenvalue weighted by molar-refractivity contribution is -0.0235. The first-order chi connectivity index (χ1) is 17.3. The van der Waals surface area contributed by atoms with Gasteiger partial charge >= 0.3 is 6.03 Å². The third-order valence-electron chi connectivity index (χ3n) is 7.82. The molecular formula is C28H39N5O3. The first-order valence-electron chi connectivity index (χ1n) is 13.3. The van der Waals surface area contributed by atoms with Gasteiger partial charge in [0.05, 0.1) is 18.8 Å². The molecule has 1 aliphatic carbocycles. The predicted octanol–water partition coefficient (Wildman–Crippen LogP) is 4.48. The molecule has 0 bridgehead atoms. The van der Waals surface area contributed by atoms with E-state index in [0.717, 1.165) is 73.0 Å². The number of amides is 2. The van der Waals surface area contributed by atoms with E-state index in [0.29, 0.717) is 32.0 Å². The van der Waals surface area contributed by atoms with Crippen molar-refractivity contribution in [2.45, 2.75) is 58.1 Å². The summed E-state index contributed by atoms with van der Waals surface area (Å²) in [5.74, 6) is 2.33. The van der Waals surface area contributed by atoms with E-state index >= 15 is 0 Å². The average molecular weight is 494 g/mol. The van der Waals surface area contributed by atoms with E-state index in [1.165, 1.54) is 0 Å². The number of carbonyl (C=O) groups is 1. The van der Waals surface area contributed by atoms with Crippen molar-refractivity contribution in [1.82, 2.24) is 9.88 Å². The third kappa shape index (κ3) is 5.60. The van der Waals surface area contributed by atoms with E-state index in [4.69, 9.17) is 9.72 Å². The van der Waals surface area contributed by atoms with E-state index in [1.54, 1.807) is 0 Å². The number of hydrogen-bond acceptors (Lipinski definition) is 6. The van der Waals surface area contributed by atoms with Crippen LogP contribution in [0.1, 0.15) is 45.1 Å². The minimum absolute atomic E-state index is 0.0242. The Morgan fingerprint density at radius 2 is 1.97 bits per heavy atom. The van der Waals surface area contributed by atoms with Crippen LogP contribution in [0.2, 0.25) is 0 Å². The van der Waals surface area contributed by atoms with Gasteiger partial charge in [-0.25, -0.2) is 9.78 Å². The molecule has 2 saturated heterocycles. The number of anilines is 3. The molecule has 2 aromatic rings. The summed E-state index contributed by atoms with van der Waals surface area (Å²) < 4.78 is 5.55. The van der Waals surface area contributed by atoms with E-state index in [9.17, 15) is 9.90 Å². The lowest BCUT2D eigenvalue weighted by atomic mass is 9.77. The normalized spacial score (nSPS) is 26.0. The van der Waals surface area contributed by atoms with Crippen LogP contribution in [0.5, 0.6) is 0 Å².